The number of hydrogen-bond acceptors (Lipinski definition) is 9. The van der Waals surface area contributed by atoms with Gasteiger partial charge >= 0.3 is 0 Å². The lowest BCUT2D eigenvalue weighted by Gasteiger charge is -2.48. The highest BCUT2D eigenvalue weighted by atomic mass is 19.1. The van der Waals surface area contributed by atoms with E-state index >= 15 is 0 Å². The predicted molar refractivity (Wildman–Crippen MR) is 109 cm³/mol. The average molecular weight is 447 g/mol. The van der Waals surface area contributed by atoms with Crippen LogP contribution in [0.5, 0.6) is 5.75 Å². The number of phenols is 1. The maximum Gasteiger partial charge on any atom is 0.255 e. The van der Waals surface area contributed by atoms with Crippen LogP contribution in [0.25, 0.3) is 5.76 Å². The molecule has 11 heteroatoms. The molecular weight excluding hydrogens is 425 g/mol. The highest BCUT2D eigenvalue weighted by molar-refractivity contribution is 6.24. The van der Waals surface area contributed by atoms with Crippen LogP contribution < -0.4 is 16.4 Å². The Balaban J connectivity index is 1.98. The summed E-state index contributed by atoms with van der Waals surface area (Å²) in [4.78, 5) is 39.0. The molecule has 170 valence electrons. The number of rotatable bonds is 2. The number of halogens is 1. The molecule has 10 nitrogen and oxygen atoms in total. The number of ketones is 2. The Morgan fingerprint density at radius 2 is 1.88 bits per heavy atom. The van der Waals surface area contributed by atoms with E-state index in [-0.39, 0.29) is 35.2 Å². The van der Waals surface area contributed by atoms with Gasteiger partial charge in [0, 0.05) is 37.2 Å². The molecule has 0 aromatic heterocycles. The summed E-state index contributed by atoms with van der Waals surface area (Å²) in [6.07, 6.45) is -0.312. The van der Waals surface area contributed by atoms with Crippen molar-refractivity contribution in [2.24, 2.45) is 23.3 Å². The minimum absolute atomic E-state index is 0.0362. The van der Waals surface area contributed by atoms with Crippen molar-refractivity contribution >= 4 is 28.9 Å². The Bertz CT molecular complexity index is 1170. The SMILES string of the molecule is CN(C)c1cc(F)c2c(c1O)C(O)=C1C(=O)[C@]3(O)C(O)=C(C(N)=O)C(=O)[C@@H](N)[C@@H]3C[C@@H]1C2. The number of Topliss-reactive ketones (excluding diaryl/α,β-unsaturated/α-hetero) is 2. The fourth-order valence-electron chi connectivity index (χ4n) is 5.07. The standard InChI is InChI=1S/C21H22FN3O7/c1-25(2)10-5-9(22)7-3-6-4-8-14(23)17(28)13(20(24)31)19(30)21(8,32)18(29)11(6)16(27)12(7)15(10)26/h5-6,8,14,26-27,30,32H,3-4,23H2,1-2H3,(H2,24,31)/t6-,8-,14-,21-/m0/s1. The summed E-state index contributed by atoms with van der Waals surface area (Å²) in [5.41, 5.74) is 6.64. The molecule has 1 saturated carbocycles. The van der Waals surface area contributed by atoms with Crippen LogP contribution in [0.15, 0.2) is 23.0 Å². The molecule has 0 aliphatic heterocycles. The Morgan fingerprint density at radius 3 is 2.44 bits per heavy atom. The number of carbonyl (C=O) groups is 3. The van der Waals surface area contributed by atoms with Crippen molar-refractivity contribution in [3.63, 3.8) is 0 Å². The quantitative estimate of drug-likeness (QED) is 0.327. The lowest BCUT2D eigenvalue weighted by molar-refractivity contribution is -0.149. The monoisotopic (exact) mass is 447 g/mol. The molecule has 8 N–H and O–H groups in total. The summed E-state index contributed by atoms with van der Waals surface area (Å²) in [5.74, 6) is -8.96. The second-order valence-electron chi connectivity index (χ2n) is 8.55. The fraction of sp³-hybridized carbons (Fsp3) is 0.381. The van der Waals surface area contributed by atoms with Gasteiger partial charge in [0.15, 0.2) is 11.4 Å². The number of aliphatic hydroxyl groups excluding tert-OH is 2. The number of anilines is 1. The minimum Gasteiger partial charge on any atom is -0.508 e. The van der Waals surface area contributed by atoms with Gasteiger partial charge in [0.05, 0.1) is 17.3 Å². The number of nitrogens with two attached hydrogens (primary N) is 2. The average Bonchev–Trinajstić information content (AvgIpc) is 2.70. The number of hydrogen-bond donors (Lipinski definition) is 6. The zero-order valence-corrected chi connectivity index (χ0v) is 17.2. The van der Waals surface area contributed by atoms with E-state index < -0.39 is 69.6 Å². The maximum atomic E-state index is 14.9. The van der Waals surface area contributed by atoms with Gasteiger partial charge in [-0.15, -0.1) is 0 Å². The molecule has 4 rings (SSSR count). The van der Waals surface area contributed by atoms with Gasteiger partial charge in [0.1, 0.15) is 28.7 Å². The molecule has 0 heterocycles. The first-order valence-corrected chi connectivity index (χ1v) is 9.79. The number of aliphatic hydroxyl groups is 3. The molecule has 0 saturated heterocycles. The lowest BCUT2D eigenvalue weighted by atomic mass is 9.58. The molecule has 0 bridgehead atoms. The van der Waals surface area contributed by atoms with Gasteiger partial charge in [-0.1, -0.05) is 0 Å². The lowest BCUT2D eigenvalue weighted by Crippen LogP contribution is -2.65. The zero-order chi connectivity index (χ0) is 23.9. The third-order valence-electron chi connectivity index (χ3n) is 6.66. The summed E-state index contributed by atoms with van der Waals surface area (Å²) in [5, 5.41) is 43.4. The van der Waals surface area contributed by atoms with E-state index in [0.29, 0.717) is 0 Å². The number of carbonyl (C=O) groups excluding carboxylic acids is 3. The highest BCUT2D eigenvalue weighted by Gasteiger charge is 2.63. The van der Waals surface area contributed by atoms with Crippen LogP contribution >= 0.6 is 0 Å². The summed E-state index contributed by atoms with van der Waals surface area (Å²) in [6, 6.07) is -0.446. The second-order valence-corrected chi connectivity index (χ2v) is 8.55. The molecule has 1 fully saturated rings. The number of aromatic hydroxyl groups is 1. The summed E-state index contributed by atoms with van der Waals surface area (Å²) in [6.45, 7) is 0. The smallest absolute Gasteiger partial charge is 0.255 e. The van der Waals surface area contributed by atoms with Crippen molar-refractivity contribution in [3.05, 3.63) is 39.9 Å². The molecule has 4 atom stereocenters. The minimum atomic E-state index is -2.79. The van der Waals surface area contributed by atoms with E-state index in [2.05, 4.69) is 0 Å². The van der Waals surface area contributed by atoms with Crippen LogP contribution in [0.1, 0.15) is 17.5 Å². The van der Waals surface area contributed by atoms with Crippen molar-refractivity contribution < 1.29 is 39.2 Å². The van der Waals surface area contributed by atoms with Gasteiger partial charge in [0.25, 0.3) is 5.91 Å². The Kier molecular flexibility index (Phi) is 4.61. The molecule has 0 radical (unpaired) electrons. The Labute approximate surface area is 181 Å². The van der Waals surface area contributed by atoms with E-state index in [1.807, 2.05) is 0 Å². The largest absolute Gasteiger partial charge is 0.508 e. The number of nitrogens with zero attached hydrogens (tertiary/aromatic N) is 1. The summed E-state index contributed by atoms with van der Waals surface area (Å²) < 4.78 is 14.9. The van der Waals surface area contributed by atoms with Crippen molar-refractivity contribution in [2.75, 3.05) is 19.0 Å². The first-order chi connectivity index (χ1) is 14.8. The molecule has 0 unspecified atom stereocenters. The van der Waals surface area contributed by atoms with Gasteiger partial charge in [-0.05, 0) is 18.8 Å². The molecule has 3 aliphatic rings. The van der Waals surface area contributed by atoms with Gasteiger partial charge in [-0.25, -0.2) is 4.39 Å². The van der Waals surface area contributed by atoms with E-state index in [9.17, 15) is 39.2 Å². The molecule has 1 aromatic rings. The number of phenolic OH excluding ortho intramolecular Hbond substituents is 1. The van der Waals surface area contributed by atoms with Crippen molar-refractivity contribution in [1.82, 2.24) is 0 Å². The third-order valence-corrected chi connectivity index (χ3v) is 6.66. The predicted octanol–water partition coefficient (Wildman–Crippen LogP) is -0.434. The first kappa shape index (κ1) is 21.8. The molecular formula is C21H22FN3O7. The van der Waals surface area contributed by atoms with Gasteiger partial charge in [-0.2, -0.15) is 0 Å². The van der Waals surface area contributed by atoms with E-state index in [1.165, 1.54) is 4.90 Å². The topological polar surface area (TPSA) is 187 Å². The van der Waals surface area contributed by atoms with Crippen LogP contribution in [-0.2, 0) is 20.8 Å². The normalized spacial score (nSPS) is 29.5. The van der Waals surface area contributed by atoms with Gasteiger partial charge < -0.3 is 36.8 Å². The van der Waals surface area contributed by atoms with Crippen LogP contribution in [-0.4, -0.2) is 63.6 Å². The number of benzene rings is 1. The number of fused-ring (bicyclic) bond motifs is 3. The highest BCUT2D eigenvalue weighted by Crippen LogP contribution is 2.52. The second kappa shape index (κ2) is 6.78. The van der Waals surface area contributed by atoms with Crippen LogP contribution in [0.3, 0.4) is 0 Å². The van der Waals surface area contributed by atoms with Gasteiger partial charge in [-0.3, -0.25) is 14.4 Å². The van der Waals surface area contributed by atoms with E-state index in [0.717, 1.165) is 6.07 Å². The van der Waals surface area contributed by atoms with Crippen LogP contribution in [0, 0.1) is 17.7 Å². The van der Waals surface area contributed by atoms with Crippen molar-refractivity contribution in [3.8, 4) is 5.75 Å². The molecule has 3 aliphatic carbocycles. The first-order valence-electron chi connectivity index (χ1n) is 9.79. The number of amides is 1. The molecule has 1 aromatic carbocycles. The van der Waals surface area contributed by atoms with Crippen molar-refractivity contribution in [2.45, 2.75) is 24.5 Å². The van der Waals surface area contributed by atoms with Gasteiger partial charge in [0.2, 0.25) is 5.78 Å². The van der Waals surface area contributed by atoms with Crippen LogP contribution in [0.4, 0.5) is 10.1 Å². The van der Waals surface area contributed by atoms with E-state index in [4.69, 9.17) is 11.5 Å². The zero-order valence-electron chi connectivity index (χ0n) is 17.2. The van der Waals surface area contributed by atoms with Crippen LogP contribution in [0.2, 0.25) is 0 Å². The fourth-order valence-corrected chi connectivity index (χ4v) is 5.07. The molecule has 32 heavy (non-hydrogen) atoms. The molecule has 1 amide bonds. The number of primary amides is 1. The third kappa shape index (κ3) is 2.55. The van der Waals surface area contributed by atoms with E-state index in [1.54, 1.807) is 14.1 Å². The molecule has 0 spiro atoms. The van der Waals surface area contributed by atoms with Crippen molar-refractivity contribution in [1.29, 1.82) is 0 Å². The Morgan fingerprint density at radius 1 is 1.25 bits per heavy atom. The maximum absolute atomic E-state index is 14.9. The summed E-state index contributed by atoms with van der Waals surface area (Å²) in [7, 11) is 3.09. The Hall–Kier alpha value is -3.44. The summed E-state index contributed by atoms with van der Waals surface area (Å²) >= 11 is 0.